The lowest BCUT2D eigenvalue weighted by Crippen LogP contribution is -2.19. The summed E-state index contributed by atoms with van der Waals surface area (Å²) in [5.74, 6) is 0.766. The number of methoxy groups -OCH3 is 2. The molecular formula is C15H23NO3. The molecule has 1 aromatic carbocycles. The Balaban J connectivity index is 2.67. The van der Waals surface area contributed by atoms with E-state index in [1.165, 1.54) is 23.8 Å². The molecule has 1 N–H and O–H groups in total. The van der Waals surface area contributed by atoms with Gasteiger partial charge in [0.1, 0.15) is 5.75 Å². The highest BCUT2D eigenvalue weighted by Gasteiger charge is 2.10. The Morgan fingerprint density at radius 1 is 1.21 bits per heavy atom. The molecule has 0 saturated carbocycles. The fourth-order valence-electron chi connectivity index (χ4n) is 2.16. The van der Waals surface area contributed by atoms with Gasteiger partial charge < -0.3 is 14.8 Å². The quantitative estimate of drug-likeness (QED) is 0.633. The molecule has 4 heteroatoms. The molecule has 1 aromatic rings. The molecule has 0 radical (unpaired) electrons. The van der Waals surface area contributed by atoms with Crippen LogP contribution in [0.15, 0.2) is 6.07 Å². The van der Waals surface area contributed by atoms with Crippen LogP contribution in [-0.4, -0.2) is 26.7 Å². The van der Waals surface area contributed by atoms with Crippen LogP contribution in [0.3, 0.4) is 0 Å². The third-order valence-electron chi connectivity index (χ3n) is 3.39. The number of esters is 1. The number of aryl methyl sites for hydroxylation is 1. The lowest BCUT2D eigenvalue weighted by molar-refractivity contribution is -0.140. The van der Waals surface area contributed by atoms with Gasteiger partial charge in [0.2, 0.25) is 0 Å². The second kappa shape index (κ2) is 7.14. The molecule has 0 amide bonds. The third kappa shape index (κ3) is 3.96. The lowest BCUT2D eigenvalue weighted by Gasteiger charge is -2.16. The Morgan fingerprint density at radius 2 is 1.89 bits per heavy atom. The van der Waals surface area contributed by atoms with Crippen molar-refractivity contribution in [3.8, 4) is 5.75 Å². The van der Waals surface area contributed by atoms with Gasteiger partial charge >= 0.3 is 5.97 Å². The van der Waals surface area contributed by atoms with Crippen molar-refractivity contribution in [2.24, 2.45) is 0 Å². The molecule has 0 bridgehead atoms. The van der Waals surface area contributed by atoms with Gasteiger partial charge in [-0.2, -0.15) is 0 Å². The van der Waals surface area contributed by atoms with Crippen molar-refractivity contribution in [2.45, 2.75) is 33.7 Å². The van der Waals surface area contributed by atoms with E-state index in [9.17, 15) is 4.79 Å². The van der Waals surface area contributed by atoms with Gasteiger partial charge in [0.15, 0.2) is 0 Å². The van der Waals surface area contributed by atoms with Crippen molar-refractivity contribution in [3.63, 3.8) is 0 Å². The summed E-state index contributed by atoms with van der Waals surface area (Å²) >= 11 is 0. The van der Waals surface area contributed by atoms with Crippen molar-refractivity contribution in [1.82, 2.24) is 5.32 Å². The predicted molar refractivity (Wildman–Crippen MR) is 75.5 cm³/mol. The first-order valence-electron chi connectivity index (χ1n) is 6.42. The number of benzene rings is 1. The highest BCUT2D eigenvalue weighted by Crippen LogP contribution is 2.28. The van der Waals surface area contributed by atoms with Crippen molar-refractivity contribution in [1.29, 1.82) is 0 Å². The van der Waals surface area contributed by atoms with Crippen LogP contribution in [0.1, 0.15) is 28.7 Å². The minimum atomic E-state index is -0.189. The molecule has 0 aromatic heterocycles. The number of nitrogens with one attached hydrogen (secondary N) is 1. The van der Waals surface area contributed by atoms with Gasteiger partial charge in [-0.05, 0) is 43.0 Å². The SMILES string of the molecule is COC(=O)CCNCc1cc(C)c(OC)c(C)c1C. The lowest BCUT2D eigenvalue weighted by atomic mass is 9.98. The molecule has 0 aliphatic heterocycles. The fourth-order valence-corrected chi connectivity index (χ4v) is 2.16. The van der Waals surface area contributed by atoms with E-state index in [4.69, 9.17) is 4.74 Å². The first-order valence-corrected chi connectivity index (χ1v) is 6.42. The summed E-state index contributed by atoms with van der Waals surface area (Å²) in [6.07, 6.45) is 0.393. The molecule has 0 fully saturated rings. The maximum absolute atomic E-state index is 11.0. The Kier molecular flexibility index (Phi) is 5.83. The Hall–Kier alpha value is -1.55. The van der Waals surface area contributed by atoms with E-state index in [0.717, 1.165) is 17.9 Å². The summed E-state index contributed by atoms with van der Waals surface area (Å²) in [5, 5.41) is 3.26. The smallest absolute Gasteiger partial charge is 0.306 e. The number of hydrogen-bond donors (Lipinski definition) is 1. The zero-order valence-corrected chi connectivity index (χ0v) is 12.4. The molecule has 0 aliphatic carbocycles. The molecule has 106 valence electrons. The van der Waals surface area contributed by atoms with Gasteiger partial charge in [-0.3, -0.25) is 4.79 Å². The van der Waals surface area contributed by atoms with E-state index in [1.54, 1.807) is 7.11 Å². The van der Waals surface area contributed by atoms with Crippen LogP contribution in [0, 0.1) is 20.8 Å². The van der Waals surface area contributed by atoms with Crippen LogP contribution in [0.5, 0.6) is 5.75 Å². The summed E-state index contributed by atoms with van der Waals surface area (Å²) in [5.41, 5.74) is 4.77. The van der Waals surface area contributed by atoms with Crippen LogP contribution in [0.4, 0.5) is 0 Å². The number of carbonyl (C=O) groups excluding carboxylic acids is 1. The monoisotopic (exact) mass is 265 g/mol. The summed E-state index contributed by atoms with van der Waals surface area (Å²) in [6.45, 7) is 7.57. The van der Waals surface area contributed by atoms with Crippen molar-refractivity contribution >= 4 is 5.97 Å². The second-order valence-electron chi connectivity index (χ2n) is 4.64. The van der Waals surface area contributed by atoms with E-state index >= 15 is 0 Å². The van der Waals surface area contributed by atoms with E-state index < -0.39 is 0 Å². The summed E-state index contributed by atoms with van der Waals surface area (Å²) in [7, 11) is 3.10. The Labute approximate surface area is 115 Å². The zero-order chi connectivity index (χ0) is 14.4. The average molecular weight is 265 g/mol. The second-order valence-corrected chi connectivity index (χ2v) is 4.64. The Morgan fingerprint density at radius 3 is 2.47 bits per heavy atom. The molecule has 0 heterocycles. The summed E-state index contributed by atoms with van der Waals surface area (Å²) < 4.78 is 10.0. The minimum Gasteiger partial charge on any atom is -0.496 e. The van der Waals surface area contributed by atoms with Crippen LogP contribution in [-0.2, 0) is 16.1 Å². The van der Waals surface area contributed by atoms with E-state index in [-0.39, 0.29) is 5.97 Å². The van der Waals surface area contributed by atoms with Crippen LogP contribution < -0.4 is 10.1 Å². The maximum Gasteiger partial charge on any atom is 0.306 e. The van der Waals surface area contributed by atoms with Gasteiger partial charge in [0.05, 0.1) is 20.6 Å². The highest BCUT2D eigenvalue weighted by atomic mass is 16.5. The molecule has 19 heavy (non-hydrogen) atoms. The van der Waals surface area contributed by atoms with Crippen molar-refractivity contribution < 1.29 is 14.3 Å². The average Bonchev–Trinajstić information content (AvgIpc) is 2.40. The first kappa shape index (κ1) is 15.5. The molecule has 4 nitrogen and oxygen atoms in total. The number of hydrogen-bond acceptors (Lipinski definition) is 4. The zero-order valence-electron chi connectivity index (χ0n) is 12.4. The van der Waals surface area contributed by atoms with Crippen LogP contribution in [0.25, 0.3) is 0 Å². The highest BCUT2D eigenvalue weighted by molar-refractivity contribution is 5.69. The molecule has 0 atom stereocenters. The third-order valence-corrected chi connectivity index (χ3v) is 3.39. The van der Waals surface area contributed by atoms with Gasteiger partial charge in [-0.25, -0.2) is 0 Å². The number of ether oxygens (including phenoxy) is 2. The van der Waals surface area contributed by atoms with Crippen molar-refractivity contribution in [2.75, 3.05) is 20.8 Å². The molecular weight excluding hydrogens is 242 g/mol. The van der Waals surface area contributed by atoms with Gasteiger partial charge in [0, 0.05) is 13.1 Å². The van der Waals surface area contributed by atoms with Gasteiger partial charge in [-0.15, -0.1) is 0 Å². The summed E-state index contributed by atoms with van der Waals surface area (Å²) in [4.78, 5) is 11.0. The standard InChI is InChI=1S/C15H23NO3/c1-10-8-13(9-16-7-6-14(17)18-4)11(2)12(3)15(10)19-5/h8,16H,6-7,9H2,1-5H3. The van der Waals surface area contributed by atoms with Crippen LogP contribution in [0.2, 0.25) is 0 Å². The molecule has 0 unspecified atom stereocenters. The molecule has 0 saturated heterocycles. The fraction of sp³-hybridized carbons (Fsp3) is 0.533. The van der Waals surface area contributed by atoms with Gasteiger partial charge in [-0.1, -0.05) is 6.07 Å². The van der Waals surface area contributed by atoms with E-state index in [1.807, 2.05) is 6.92 Å². The molecule has 1 rings (SSSR count). The maximum atomic E-state index is 11.0. The topological polar surface area (TPSA) is 47.6 Å². The molecule has 0 spiro atoms. The van der Waals surface area contributed by atoms with E-state index in [2.05, 4.69) is 30.0 Å². The first-order chi connectivity index (χ1) is 9.01. The van der Waals surface area contributed by atoms with Gasteiger partial charge in [0.25, 0.3) is 0 Å². The largest absolute Gasteiger partial charge is 0.496 e. The van der Waals surface area contributed by atoms with Crippen LogP contribution >= 0.6 is 0 Å². The number of carbonyl (C=O) groups is 1. The van der Waals surface area contributed by atoms with Crippen molar-refractivity contribution in [3.05, 3.63) is 28.3 Å². The van der Waals surface area contributed by atoms with E-state index in [0.29, 0.717) is 13.0 Å². The predicted octanol–water partition coefficient (Wildman–Crippen LogP) is 2.27. The minimum absolute atomic E-state index is 0.189. The summed E-state index contributed by atoms with van der Waals surface area (Å²) in [6, 6.07) is 2.13. The normalized spacial score (nSPS) is 10.4. The Bertz CT molecular complexity index is 455. The molecule has 0 aliphatic rings. The number of rotatable bonds is 6.